The predicted octanol–water partition coefficient (Wildman–Crippen LogP) is 4.66. The first-order chi connectivity index (χ1) is 5.81. The van der Waals surface area contributed by atoms with Gasteiger partial charge in [0.25, 0.3) is 0 Å². The fourth-order valence-electron chi connectivity index (χ4n) is 1.55. The second kappa shape index (κ2) is 5.47. The van der Waals surface area contributed by atoms with Gasteiger partial charge in [0.05, 0.1) is 0 Å². The SMILES string of the molecule is CC(C)CC(C)CC=CC(C)(C)C. The van der Waals surface area contributed by atoms with Gasteiger partial charge in [-0.2, -0.15) is 0 Å². The van der Waals surface area contributed by atoms with E-state index >= 15 is 0 Å². The Labute approximate surface area is 84.4 Å². The lowest BCUT2D eigenvalue weighted by atomic mass is 9.92. The molecule has 0 aromatic carbocycles. The third-order valence-corrected chi connectivity index (χ3v) is 2.03. The molecule has 0 aliphatic carbocycles. The molecule has 0 saturated heterocycles. The maximum Gasteiger partial charge on any atom is -0.0203 e. The molecule has 0 heteroatoms. The van der Waals surface area contributed by atoms with E-state index in [2.05, 4.69) is 53.7 Å². The summed E-state index contributed by atoms with van der Waals surface area (Å²) < 4.78 is 0. The lowest BCUT2D eigenvalue weighted by molar-refractivity contribution is 0.440. The quantitative estimate of drug-likeness (QED) is 0.555. The zero-order valence-electron chi connectivity index (χ0n) is 10.2. The molecule has 1 unspecified atom stereocenters. The summed E-state index contributed by atoms with van der Waals surface area (Å²) in [6, 6.07) is 0. The van der Waals surface area contributed by atoms with E-state index in [0.29, 0.717) is 5.41 Å². The van der Waals surface area contributed by atoms with Crippen LogP contribution in [0.5, 0.6) is 0 Å². The Bertz CT molecular complexity index is 146. The summed E-state index contributed by atoms with van der Waals surface area (Å²) in [6.07, 6.45) is 7.24. The van der Waals surface area contributed by atoms with Crippen LogP contribution < -0.4 is 0 Å². The van der Waals surface area contributed by atoms with Crippen LogP contribution in [0.1, 0.15) is 54.4 Å². The van der Waals surface area contributed by atoms with Gasteiger partial charge in [-0.25, -0.2) is 0 Å². The summed E-state index contributed by atoms with van der Waals surface area (Å²) in [5, 5.41) is 0. The van der Waals surface area contributed by atoms with Crippen LogP contribution in [-0.2, 0) is 0 Å². The van der Waals surface area contributed by atoms with Crippen LogP contribution in [-0.4, -0.2) is 0 Å². The third kappa shape index (κ3) is 9.66. The van der Waals surface area contributed by atoms with Crippen LogP contribution in [0.3, 0.4) is 0 Å². The van der Waals surface area contributed by atoms with Crippen LogP contribution >= 0.6 is 0 Å². The molecule has 0 fully saturated rings. The van der Waals surface area contributed by atoms with Gasteiger partial charge in [-0.1, -0.05) is 53.7 Å². The highest BCUT2D eigenvalue weighted by Crippen LogP contribution is 2.18. The summed E-state index contributed by atoms with van der Waals surface area (Å²) in [7, 11) is 0. The van der Waals surface area contributed by atoms with Crippen molar-refractivity contribution in [3.63, 3.8) is 0 Å². The van der Waals surface area contributed by atoms with E-state index in [4.69, 9.17) is 0 Å². The van der Waals surface area contributed by atoms with E-state index in [9.17, 15) is 0 Å². The molecule has 1 atom stereocenters. The monoisotopic (exact) mass is 182 g/mol. The highest BCUT2D eigenvalue weighted by atomic mass is 14.1. The van der Waals surface area contributed by atoms with Crippen molar-refractivity contribution in [2.75, 3.05) is 0 Å². The molecule has 0 heterocycles. The first-order valence-electron chi connectivity index (χ1n) is 5.49. The Morgan fingerprint density at radius 1 is 1.08 bits per heavy atom. The van der Waals surface area contributed by atoms with Gasteiger partial charge < -0.3 is 0 Å². The van der Waals surface area contributed by atoms with Crippen LogP contribution in [0.4, 0.5) is 0 Å². The Morgan fingerprint density at radius 2 is 1.62 bits per heavy atom. The minimum atomic E-state index is 0.345. The fourth-order valence-corrected chi connectivity index (χ4v) is 1.55. The molecule has 0 amide bonds. The lowest BCUT2D eigenvalue weighted by Gasteiger charge is -2.14. The van der Waals surface area contributed by atoms with E-state index in [0.717, 1.165) is 11.8 Å². The average molecular weight is 182 g/mol. The molecule has 78 valence electrons. The van der Waals surface area contributed by atoms with Crippen molar-refractivity contribution in [1.29, 1.82) is 0 Å². The highest BCUT2D eigenvalue weighted by molar-refractivity contribution is 4.92. The highest BCUT2D eigenvalue weighted by Gasteiger charge is 2.05. The Morgan fingerprint density at radius 3 is 2.00 bits per heavy atom. The van der Waals surface area contributed by atoms with E-state index in [1.165, 1.54) is 12.8 Å². The molecular formula is C13H26. The molecule has 0 aliphatic rings. The van der Waals surface area contributed by atoms with E-state index in [1.54, 1.807) is 0 Å². The molecule has 0 aromatic heterocycles. The molecule has 0 spiro atoms. The summed E-state index contributed by atoms with van der Waals surface area (Å²) >= 11 is 0. The molecular weight excluding hydrogens is 156 g/mol. The topological polar surface area (TPSA) is 0 Å². The fraction of sp³-hybridized carbons (Fsp3) is 0.846. The van der Waals surface area contributed by atoms with Gasteiger partial charge >= 0.3 is 0 Å². The minimum Gasteiger partial charge on any atom is -0.0877 e. The van der Waals surface area contributed by atoms with Crippen LogP contribution in [0.2, 0.25) is 0 Å². The first-order valence-corrected chi connectivity index (χ1v) is 5.49. The largest absolute Gasteiger partial charge is 0.0877 e. The van der Waals surface area contributed by atoms with Crippen molar-refractivity contribution in [1.82, 2.24) is 0 Å². The summed E-state index contributed by atoms with van der Waals surface area (Å²) in [5.74, 6) is 1.66. The predicted molar refractivity (Wildman–Crippen MR) is 61.8 cm³/mol. The molecule has 0 rings (SSSR count). The summed E-state index contributed by atoms with van der Waals surface area (Å²) in [6.45, 7) is 13.7. The maximum absolute atomic E-state index is 2.34. The number of allylic oxidation sites excluding steroid dienone is 2. The summed E-state index contributed by atoms with van der Waals surface area (Å²) in [4.78, 5) is 0. The minimum absolute atomic E-state index is 0.345. The van der Waals surface area contributed by atoms with Gasteiger partial charge in [-0.15, -0.1) is 0 Å². The summed E-state index contributed by atoms with van der Waals surface area (Å²) in [5.41, 5.74) is 0.345. The molecule has 0 aromatic rings. The lowest BCUT2D eigenvalue weighted by Crippen LogP contribution is -2.01. The Balaban J connectivity index is 3.70. The first kappa shape index (κ1) is 12.7. The van der Waals surface area contributed by atoms with Gasteiger partial charge in [-0.3, -0.25) is 0 Å². The van der Waals surface area contributed by atoms with Gasteiger partial charge in [-0.05, 0) is 30.1 Å². The van der Waals surface area contributed by atoms with Crippen molar-refractivity contribution in [3.05, 3.63) is 12.2 Å². The molecule has 0 radical (unpaired) electrons. The van der Waals surface area contributed by atoms with E-state index < -0.39 is 0 Å². The normalized spacial score (nSPS) is 15.6. The van der Waals surface area contributed by atoms with E-state index in [-0.39, 0.29) is 0 Å². The van der Waals surface area contributed by atoms with Crippen molar-refractivity contribution < 1.29 is 0 Å². The molecule has 0 aliphatic heterocycles. The smallest absolute Gasteiger partial charge is 0.0203 e. The Kier molecular flexibility index (Phi) is 5.36. The van der Waals surface area contributed by atoms with Crippen molar-refractivity contribution in [2.45, 2.75) is 54.4 Å². The van der Waals surface area contributed by atoms with Gasteiger partial charge in [0, 0.05) is 0 Å². The molecule has 13 heavy (non-hydrogen) atoms. The number of hydrogen-bond acceptors (Lipinski definition) is 0. The van der Waals surface area contributed by atoms with Gasteiger partial charge in [0.1, 0.15) is 0 Å². The van der Waals surface area contributed by atoms with E-state index in [1.807, 2.05) is 0 Å². The zero-order valence-corrected chi connectivity index (χ0v) is 10.2. The standard InChI is InChI=1S/C13H26/c1-11(2)10-12(3)8-7-9-13(4,5)6/h7,9,11-12H,8,10H2,1-6H3. The zero-order chi connectivity index (χ0) is 10.5. The molecule has 0 bridgehead atoms. The van der Waals surface area contributed by atoms with Gasteiger partial charge in [0.15, 0.2) is 0 Å². The van der Waals surface area contributed by atoms with Crippen molar-refractivity contribution in [3.8, 4) is 0 Å². The van der Waals surface area contributed by atoms with Gasteiger partial charge in [0.2, 0.25) is 0 Å². The number of hydrogen-bond donors (Lipinski definition) is 0. The van der Waals surface area contributed by atoms with Crippen LogP contribution in [0.25, 0.3) is 0 Å². The third-order valence-electron chi connectivity index (χ3n) is 2.03. The number of rotatable bonds is 4. The second-order valence-electron chi connectivity index (χ2n) is 5.74. The molecule has 0 nitrogen and oxygen atoms in total. The van der Waals surface area contributed by atoms with Crippen molar-refractivity contribution in [2.24, 2.45) is 17.3 Å². The van der Waals surface area contributed by atoms with Crippen LogP contribution in [0, 0.1) is 17.3 Å². The Hall–Kier alpha value is -0.260. The molecule has 0 saturated carbocycles. The van der Waals surface area contributed by atoms with Crippen molar-refractivity contribution >= 4 is 0 Å². The second-order valence-corrected chi connectivity index (χ2v) is 5.74. The molecule has 0 N–H and O–H groups in total. The van der Waals surface area contributed by atoms with Crippen LogP contribution in [0.15, 0.2) is 12.2 Å². The maximum atomic E-state index is 2.34. The average Bonchev–Trinajstić information content (AvgIpc) is 1.81.